The van der Waals surface area contributed by atoms with Gasteiger partial charge in [0.1, 0.15) is 11.2 Å². The Balaban J connectivity index is 1.77. The van der Waals surface area contributed by atoms with Gasteiger partial charge < -0.3 is 21.4 Å². The fourth-order valence-electron chi connectivity index (χ4n) is 3.86. The number of aromatic amines is 1. The lowest BCUT2D eigenvalue weighted by Crippen LogP contribution is -2.33. The van der Waals surface area contributed by atoms with Crippen molar-refractivity contribution in [3.63, 3.8) is 0 Å². The number of benzene rings is 1. The van der Waals surface area contributed by atoms with E-state index in [9.17, 15) is 31.1 Å². The zero-order chi connectivity index (χ0) is 24.7. The maximum atomic E-state index is 13.2. The van der Waals surface area contributed by atoms with E-state index < -0.39 is 34.7 Å². The molecule has 0 atom stereocenters. The summed E-state index contributed by atoms with van der Waals surface area (Å²) in [5.41, 5.74) is 1.91. The van der Waals surface area contributed by atoms with Gasteiger partial charge in [0, 0.05) is 24.0 Å². The molecule has 0 saturated heterocycles. The molecule has 7 nitrogen and oxygen atoms in total. The number of hydrogen-bond donors (Lipinski definition) is 4. The Hall–Kier alpha value is -3.35. The van der Waals surface area contributed by atoms with Crippen LogP contribution in [0.4, 0.5) is 43.8 Å². The van der Waals surface area contributed by atoms with Gasteiger partial charge >= 0.3 is 12.4 Å². The number of hydrogen-bond acceptors (Lipinski definition) is 6. The fourth-order valence-corrected chi connectivity index (χ4v) is 3.86. The number of halogens is 6. The van der Waals surface area contributed by atoms with E-state index in [0.29, 0.717) is 12.1 Å². The standard InChI is InChI=1S/C21H20F6N6O/c22-20(23,24)10-7-11(21(25,26)27)9-14(8-10)30-17-16-15(5-6-29-18(16)34)32-19(33-17)31-13-3-1-12(28)2-4-13/h5-9,12-13H,1-4,28H2,(H,29,34)(H2,30,31,32,33)/t12-,13-. The molecule has 1 saturated carbocycles. The van der Waals surface area contributed by atoms with Crippen LogP contribution in [0.25, 0.3) is 10.9 Å². The fraction of sp³-hybridized carbons (Fsp3) is 0.381. The number of nitrogens with zero attached hydrogens (tertiary/aromatic N) is 2. The van der Waals surface area contributed by atoms with Crippen LogP contribution in [0, 0.1) is 0 Å². The third-order valence-electron chi connectivity index (χ3n) is 5.58. The van der Waals surface area contributed by atoms with Crippen LogP contribution in [0.2, 0.25) is 0 Å². The minimum Gasteiger partial charge on any atom is -0.351 e. The Kier molecular flexibility index (Phi) is 6.14. The first-order chi connectivity index (χ1) is 15.9. The number of H-pyrrole nitrogens is 1. The smallest absolute Gasteiger partial charge is 0.351 e. The van der Waals surface area contributed by atoms with Crippen molar-refractivity contribution in [2.45, 2.75) is 50.1 Å². The Morgan fingerprint density at radius 3 is 2.15 bits per heavy atom. The second-order valence-electron chi connectivity index (χ2n) is 8.14. The second kappa shape index (κ2) is 8.78. The number of pyridine rings is 1. The van der Waals surface area contributed by atoms with Crippen molar-refractivity contribution in [1.29, 1.82) is 0 Å². The second-order valence-corrected chi connectivity index (χ2v) is 8.14. The molecule has 0 radical (unpaired) electrons. The quantitative estimate of drug-likeness (QED) is 0.396. The molecule has 0 bridgehead atoms. The van der Waals surface area contributed by atoms with Crippen LogP contribution in [-0.2, 0) is 12.4 Å². The Morgan fingerprint density at radius 2 is 1.56 bits per heavy atom. The van der Waals surface area contributed by atoms with Gasteiger partial charge in [-0.15, -0.1) is 0 Å². The summed E-state index contributed by atoms with van der Waals surface area (Å²) >= 11 is 0. The summed E-state index contributed by atoms with van der Waals surface area (Å²) in [6, 6.07) is 2.61. The van der Waals surface area contributed by atoms with Gasteiger partial charge in [0.25, 0.3) is 5.56 Å². The monoisotopic (exact) mass is 486 g/mol. The van der Waals surface area contributed by atoms with E-state index in [1.165, 1.54) is 12.3 Å². The van der Waals surface area contributed by atoms with Gasteiger partial charge in [0.05, 0.1) is 16.6 Å². The third kappa shape index (κ3) is 5.24. The molecule has 1 aliphatic rings. The van der Waals surface area contributed by atoms with E-state index >= 15 is 0 Å². The number of anilines is 3. The van der Waals surface area contributed by atoms with Crippen LogP contribution >= 0.6 is 0 Å². The lowest BCUT2D eigenvalue weighted by atomic mass is 9.92. The van der Waals surface area contributed by atoms with Crippen molar-refractivity contribution in [1.82, 2.24) is 15.0 Å². The number of aromatic nitrogens is 3. The van der Waals surface area contributed by atoms with Gasteiger partial charge in [-0.1, -0.05) is 0 Å². The van der Waals surface area contributed by atoms with Crippen LogP contribution in [0.15, 0.2) is 35.3 Å². The molecule has 4 rings (SSSR count). The van der Waals surface area contributed by atoms with Gasteiger partial charge in [0.15, 0.2) is 0 Å². The predicted molar refractivity (Wildman–Crippen MR) is 114 cm³/mol. The summed E-state index contributed by atoms with van der Waals surface area (Å²) in [6.07, 6.45) is -5.67. The van der Waals surface area contributed by atoms with E-state index in [1.54, 1.807) is 0 Å². The van der Waals surface area contributed by atoms with Gasteiger partial charge in [0.2, 0.25) is 5.95 Å². The molecule has 5 N–H and O–H groups in total. The van der Waals surface area contributed by atoms with Crippen LogP contribution in [-0.4, -0.2) is 27.0 Å². The molecule has 182 valence electrons. The molecule has 13 heteroatoms. The highest BCUT2D eigenvalue weighted by Crippen LogP contribution is 2.38. The van der Waals surface area contributed by atoms with Crippen molar-refractivity contribution in [2.75, 3.05) is 10.6 Å². The van der Waals surface area contributed by atoms with Gasteiger partial charge in [-0.05, 0) is 49.9 Å². The van der Waals surface area contributed by atoms with Crippen molar-refractivity contribution >= 4 is 28.4 Å². The molecule has 0 unspecified atom stereocenters. The van der Waals surface area contributed by atoms with E-state index in [0.717, 1.165) is 25.7 Å². The molecule has 0 amide bonds. The largest absolute Gasteiger partial charge is 0.416 e. The zero-order valence-corrected chi connectivity index (χ0v) is 17.5. The lowest BCUT2D eigenvalue weighted by molar-refractivity contribution is -0.143. The molecule has 0 spiro atoms. The topological polar surface area (TPSA) is 109 Å². The minimum absolute atomic E-state index is 0.0162. The number of nitrogens with two attached hydrogens (primary N) is 1. The highest BCUT2D eigenvalue weighted by atomic mass is 19.4. The molecule has 2 aromatic heterocycles. The van der Waals surface area contributed by atoms with Crippen molar-refractivity contribution in [3.05, 3.63) is 51.9 Å². The average Bonchev–Trinajstić information content (AvgIpc) is 2.74. The first-order valence-electron chi connectivity index (χ1n) is 10.4. The molecule has 2 heterocycles. The molecular weight excluding hydrogens is 466 g/mol. The molecular formula is C21H20F6N6O. The Labute approximate surface area is 188 Å². The van der Waals surface area contributed by atoms with Gasteiger partial charge in [-0.25, -0.2) is 4.98 Å². The molecule has 3 aromatic rings. The lowest BCUT2D eigenvalue weighted by Gasteiger charge is -2.27. The predicted octanol–water partition coefficient (Wildman–Crippen LogP) is 4.78. The highest BCUT2D eigenvalue weighted by Gasteiger charge is 2.37. The maximum absolute atomic E-state index is 13.2. The van der Waals surface area contributed by atoms with Gasteiger partial charge in [-0.2, -0.15) is 31.3 Å². The van der Waals surface area contributed by atoms with E-state index in [1.807, 2.05) is 0 Å². The van der Waals surface area contributed by atoms with Gasteiger partial charge in [-0.3, -0.25) is 4.79 Å². The van der Waals surface area contributed by atoms with Crippen LogP contribution in [0.5, 0.6) is 0 Å². The number of rotatable bonds is 4. The summed E-state index contributed by atoms with van der Waals surface area (Å²) in [7, 11) is 0. The van der Waals surface area contributed by atoms with Crippen LogP contribution in [0.3, 0.4) is 0 Å². The third-order valence-corrected chi connectivity index (χ3v) is 5.58. The molecule has 1 fully saturated rings. The molecule has 1 aliphatic carbocycles. The van der Waals surface area contributed by atoms with Crippen LogP contribution < -0.4 is 21.9 Å². The highest BCUT2D eigenvalue weighted by molar-refractivity contribution is 5.91. The summed E-state index contributed by atoms with van der Waals surface area (Å²) in [5.74, 6) is -0.140. The summed E-state index contributed by atoms with van der Waals surface area (Å²) < 4.78 is 79.5. The number of nitrogens with one attached hydrogen (secondary N) is 3. The first-order valence-corrected chi connectivity index (χ1v) is 10.4. The molecule has 34 heavy (non-hydrogen) atoms. The Morgan fingerprint density at radius 1 is 0.941 bits per heavy atom. The average molecular weight is 486 g/mol. The van der Waals surface area contributed by atoms with Crippen molar-refractivity contribution in [2.24, 2.45) is 5.73 Å². The molecule has 0 aliphatic heterocycles. The molecule has 1 aromatic carbocycles. The number of fused-ring (bicyclic) bond motifs is 1. The zero-order valence-electron chi connectivity index (χ0n) is 17.5. The SMILES string of the molecule is N[C@H]1CC[C@H](Nc2nc(Nc3cc(C(F)(F)F)cc(C(F)(F)F)c3)c3c(=O)[nH]ccc3n2)CC1. The van der Waals surface area contributed by atoms with E-state index in [-0.39, 0.29) is 40.8 Å². The summed E-state index contributed by atoms with van der Waals surface area (Å²) in [5, 5.41) is 5.48. The number of alkyl halides is 6. The minimum atomic E-state index is -5.02. The van der Waals surface area contributed by atoms with Crippen molar-refractivity contribution < 1.29 is 26.3 Å². The van der Waals surface area contributed by atoms with Crippen molar-refractivity contribution in [3.8, 4) is 0 Å². The normalized spacial score (nSPS) is 19.3. The van der Waals surface area contributed by atoms with Crippen LogP contribution in [0.1, 0.15) is 36.8 Å². The Bertz CT molecular complexity index is 1210. The first kappa shape index (κ1) is 23.8. The summed E-state index contributed by atoms with van der Waals surface area (Å²) in [4.78, 5) is 23.3. The van der Waals surface area contributed by atoms with E-state index in [4.69, 9.17) is 5.73 Å². The maximum Gasteiger partial charge on any atom is 0.416 e. The van der Waals surface area contributed by atoms with E-state index in [2.05, 4.69) is 25.6 Å². The summed E-state index contributed by atoms with van der Waals surface area (Å²) in [6.45, 7) is 0.